The van der Waals surface area contributed by atoms with Crippen molar-refractivity contribution in [2.75, 3.05) is 33.8 Å². The molecule has 0 bridgehead atoms. The van der Waals surface area contributed by atoms with Gasteiger partial charge in [0.2, 0.25) is 5.91 Å². The zero-order valence-electron chi connectivity index (χ0n) is 9.60. The fraction of sp³-hybridized carbons (Fsp3) is 0.667. The van der Waals surface area contributed by atoms with E-state index in [1.165, 1.54) is 14.2 Å². The van der Waals surface area contributed by atoms with Gasteiger partial charge in [-0.1, -0.05) is 0 Å². The molecule has 0 atom stereocenters. The second kappa shape index (κ2) is 6.65. The molecule has 16 heavy (non-hydrogen) atoms. The molecule has 0 spiro atoms. The van der Waals surface area contributed by atoms with Crippen molar-refractivity contribution in [2.45, 2.75) is 6.92 Å². The summed E-state index contributed by atoms with van der Waals surface area (Å²) < 4.78 is 4.41. The van der Waals surface area contributed by atoms with Gasteiger partial charge in [-0.2, -0.15) is 0 Å². The number of hydrogen-bond donors (Lipinski definition) is 1. The van der Waals surface area contributed by atoms with Crippen molar-refractivity contribution in [2.24, 2.45) is 0 Å². The lowest BCUT2D eigenvalue weighted by molar-refractivity contribution is -0.144. The van der Waals surface area contributed by atoms with Crippen LogP contribution in [0.3, 0.4) is 0 Å². The monoisotopic (exact) mass is 232 g/mol. The Labute approximate surface area is 93.6 Å². The first-order chi connectivity index (χ1) is 7.42. The number of hydrogen-bond acceptors (Lipinski definition) is 4. The summed E-state index contributed by atoms with van der Waals surface area (Å²) in [5.74, 6) is -1.52. The van der Waals surface area contributed by atoms with E-state index in [0.29, 0.717) is 0 Å². The maximum Gasteiger partial charge on any atom is 0.409 e. The molecule has 7 nitrogen and oxygen atoms in total. The number of likely N-dealkylation sites (N-methyl/N-ethyl adjacent to an activating group) is 2. The molecule has 0 saturated carbocycles. The van der Waals surface area contributed by atoms with Gasteiger partial charge in [-0.15, -0.1) is 0 Å². The van der Waals surface area contributed by atoms with Crippen molar-refractivity contribution < 1.29 is 24.2 Å². The Hall–Kier alpha value is -1.79. The van der Waals surface area contributed by atoms with E-state index in [1.54, 1.807) is 6.92 Å². The van der Waals surface area contributed by atoms with Crippen molar-refractivity contribution in [3.8, 4) is 0 Å². The Bertz CT molecular complexity index is 279. The molecule has 1 N–H and O–H groups in total. The zero-order chi connectivity index (χ0) is 12.7. The highest BCUT2D eigenvalue weighted by Gasteiger charge is 2.19. The van der Waals surface area contributed by atoms with Crippen molar-refractivity contribution in [1.82, 2.24) is 9.80 Å². The van der Waals surface area contributed by atoms with Gasteiger partial charge in [0.15, 0.2) is 0 Å². The normalized spacial score (nSPS) is 9.44. The fourth-order valence-corrected chi connectivity index (χ4v) is 1.06. The summed E-state index contributed by atoms with van der Waals surface area (Å²) in [5, 5.41) is 8.55. The average Bonchev–Trinajstić information content (AvgIpc) is 2.23. The minimum absolute atomic E-state index is 0.201. The minimum atomic E-state index is -1.09. The average molecular weight is 232 g/mol. The fourth-order valence-electron chi connectivity index (χ4n) is 1.06. The molecule has 0 saturated heterocycles. The van der Waals surface area contributed by atoms with E-state index >= 15 is 0 Å². The summed E-state index contributed by atoms with van der Waals surface area (Å²) in [4.78, 5) is 35.2. The van der Waals surface area contributed by atoms with Gasteiger partial charge >= 0.3 is 12.1 Å². The van der Waals surface area contributed by atoms with E-state index < -0.39 is 18.0 Å². The Morgan fingerprint density at radius 1 is 1.25 bits per heavy atom. The van der Waals surface area contributed by atoms with Crippen LogP contribution in [0, 0.1) is 0 Å². The highest BCUT2D eigenvalue weighted by Crippen LogP contribution is 1.94. The lowest BCUT2D eigenvalue weighted by atomic mass is 10.4. The van der Waals surface area contributed by atoms with E-state index in [9.17, 15) is 14.4 Å². The quantitative estimate of drug-likeness (QED) is 0.698. The molecule has 0 radical (unpaired) electrons. The van der Waals surface area contributed by atoms with Gasteiger partial charge in [-0.25, -0.2) is 4.79 Å². The molecule has 0 aliphatic carbocycles. The number of ether oxygens (including phenoxy) is 1. The molecule has 0 fully saturated rings. The van der Waals surface area contributed by atoms with Gasteiger partial charge < -0.3 is 19.6 Å². The first-order valence-electron chi connectivity index (χ1n) is 4.71. The van der Waals surface area contributed by atoms with Gasteiger partial charge in [0.05, 0.1) is 7.11 Å². The van der Waals surface area contributed by atoms with Crippen LogP contribution in [0.25, 0.3) is 0 Å². The Morgan fingerprint density at radius 2 is 1.81 bits per heavy atom. The van der Waals surface area contributed by atoms with Gasteiger partial charge in [0, 0.05) is 13.6 Å². The van der Waals surface area contributed by atoms with Gasteiger partial charge in [0.25, 0.3) is 0 Å². The molecule has 0 aromatic rings. The van der Waals surface area contributed by atoms with Gasteiger partial charge in [0.1, 0.15) is 13.1 Å². The van der Waals surface area contributed by atoms with Crippen LogP contribution in [0.1, 0.15) is 6.92 Å². The van der Waals surface area contributed by atoms with E-state index in [1.807, 2.05) is 0 Å². The van der Waals surface area contributed by atoms with Crippen LogP contribution in [0.15, 0.2) is 0 Å². The summed E-state index contributed by atoms with van der Waals surface area (Å²) in [6.07, 6.45) is -0.639. The smallest absolute Gasteiger partial charge is 0.409 e. The molecule has 0 rings (SSSR count). The van der Waals surface area contributed by atoms with Gasteiger partial charge in [-0.05, 0) is 6.92 Å². The van der Waals surface area contributed by atoms with Gasteiger partial charge in [-0.3, -0.25) is 9.59 Å². The number of methoxy groups -OCH3 is 1. The van der Waals surface area contributed by atoms with E-state index in [0.717, 1.165) is 9.80 Å². The maximum atomic E-state index is 11.6. The number of rotatable bonds is 5. The largest absolute Gasteiger partial charge is 0.480 e. The predicted molar refractivity (Wildman–Crippen MR) is 54.9 cm³/mol. The first-order valence-corrected chi connectivity index (χ1v) is 4.71. The predicted octanol–water partition coefficient (Wildman–Crippen LogP) is -0.382. The molecule has 0 unspecified atom stereocenters. The molecule has 0 heterocycles. The summed E-state index contributed by atoms with van der Waals surface area (Å²) >= 11 is 0. The number of nitrogens with zero attached hydrogens (tertiary/aromatic N) is 2. The summed E-state index contributed by atoms with van der Waals surface area (Å²) in [6.45, 7) is 1.37. The number of carboxylic acid groups (broad SMARTS) is 1. The van der Waals surface area contributed by atoms with Crippen LogP contribution in [-0.2, 0) is 14.3 Å². The number of amides is 2. The third kappa shape index (κ3) is 4.63. The molecular formula is C9H16N2O5. The van der Waals surface area contributed by atoms with Crippen LogP contribution in [0.2, 0.25) is 0 Å². The molecule has 0 aromatic carbocycles. The number of carbonyl (C=O) groups is 3. The van der Waals surface area contributed by atoms with E-state index in [-0.39, 0.29) is 19.6 Å². The molecule has 92 valence electrons. The first kappa shape index (κ1) is 14.2. The Kier molecular flexibility index (Phi) is 5.91. The van der Waals surface area contributed by atoms with Crippen molar-refractivity contribution in [3.05, 3.63) is 0 Å². The topological polar surface area (TPSA) is 87.2 Å². The van der Waals surface area contributed by atoms with E-state index in [4.69, 9.17) is 5.11 Å². The Morgan fingerprint density at radius 3 is 2.19 bits per heavy atom. The summed E-state index contributed by atoms with van der Waals surface area (Å²) in [5.41, 5.74) is 0. The second-order valence-corrected chi connectivity index (χ2v) is 3.13. The molecule has 0 aromatic heterocycles. The second-order valence-electron chi connectivity index (χ2n) is 3.13. The highest BCUT2D eigenvalue weighted by molar-refractivity contribution is 5.85. The van der Waals surface area contributed by atoms with Crippen LogP contribution < -0.4 is 0 Å². The van der Waals surface area contributed by atoms with Crippen LogP contribution in [0.4, 0.5) is 4.79 Å². The van der Waals surface area contributed by atoms with Crippen molar-refractivity contribution in [1.29, 1.82) is 0 Å². The summed E-state index contributed by atoms with van der Waals surface area (Å²) in [6, 6.07) is 0. The third-order valence-corrected chi connectivity index (χ3v) is 1.92. The highest BCUT2D eigenvalue weighted by atomic mass is 16.5. The zero-order valence-corrected chi connectivity index (χ0v) is 9.60. The Balaban J connectivity index is 4.31. The molecule has 0 aliphatic rings. The number of carbonyl (C=O) groups excluding carboxylic acids is 2. The van der Waals surface area contributed by atoms with E-state index in [2.05, 4.69) is 4.74 Å². The minimum Gasteiger partial charge on any atom is -0.480 e. The molecule has 0 aliphatic heterocycles. The molecular weight excluding hydrogens is 216 g/mol. The molecule has 7 heteroatoms. The molecule has 2 amide bonds. The van der Waals surface area contributed by atoms with Crippen LogP contribution in [0.5, 0.6) is 0 Å². The standard InChI is InChI=1S/C9H16N2O5/c1-4-11(6-8(13)14)7(12)5-10(2)9(15)16-3/h4-6H2,1-3H3,(H,13,14). The lowest BCUT2D eigenvalue weighted by Gasteiger charge is -2.22. The third-order valence-electron chi connectivity index (χ3n) is 1.92. The number of aliphatic carboxylic acids is 1. The van der Waals surface area contributed by atoms with Crippen molar-refractivity contribution in [3.63, 3.8) is 0 Å². The maximum absolute atomic E-state index is 11.6. The SMILES string of the molecule is CCN(CC(=O)O)C(=O)CN(C)C(=O)OC. The van der Waals surface area contributed by atoms with Crippen LogP contribution in [-0.4, -0.2) is 66.7 Å². The summed E-state index contributed by atoms with van der Waals surface area (Å²) in [7, 11) is 2.61. The van der Waals surface area contributed by atoms with Crippen LogP contribution >= 0.6 is 0 Å². The van der Waals surface area contributed by atoms with Crippen molar-refractivity contribution >= 4 is 18.0 Å². The lowest BCUT2D eigenvalue weighted by Crippen LogP contribution is -2.43. The number of carboxylic acids is 1.